The maximum Gasteiger partial charge on any atom is 0.224 e. The molecule has 19 heavy (non-hydrogen) atoms. The van der Waals surface area contributed by atoms with E-state index in [1.165, 1.54) is 12.8 Å². The lowest BCUT2D eigenvalue weighted by molar-refractivity contribution is -0.137. The third kappa shape index (κ3) is 4.18. The molecule has 110 valence electrons. The Morgan fingerprint density at radius 3 is 2.89 bits per heavy atom. The zero-order chi connectivity index (χ0) is 13.7. The smallest absolute Gasteiger partial charge is 0.224 e. The van der Waals surface area contributed by atoms with Gasteiger partial charge in [-0.2, -0.15) is 0 Å². The van der Waals surface area contributed by atoms with Gasteiger partial charge >= 0.3 is 0 Å². The highest BCUT2D eigenvalue weighted by Gasteiger charge is 2.40. The van der Waals surface area contributed by atoms with E-state index in [0.29, 0.717) is 19.6 Å². The first-order valence-electron chi connectivity index (χ1n) is 7.65. The van der Waals surface area contributed by atoms with Gasteiger partial charge in [0.2, 0.25) is 5.91 Å². The number of hydrogen-bond acceptors (Lipinski definition) is 3. The number of carbonyl (C=O) groups excluding carboxylic acids is 1. The molecule has 2 aliphatic rings. The number of amides is 1. The molecule has 1 N–H and O–H groups in total. The lowest BCUT2D eigenvalue weighted by Crippen LogP contribution is -2.48. The SMILES string of the molecule is CCOCCC(=O)N1CCC[C@@](CO)(CC2CC2)C1. The van der Waals surface area contributed by atoms with E-state index in [1.807, 2.05) is 11.8 Å². The average Bonchev–Trinajstić information content (AvgIpc) is 3.23. The molecule has 0 aromatic rings. The summed E-state index contributed by atoms with van der Waals surface area (Å²) in [6, 6.07) is 0. The van der Waals surface area contributed by atoms with Gasteiger partial charge in [0.25, 0.3) is 0 Å². The third-order valence-electron chi connectivity index (χ3n) is 4.43. The number of carbonyl (C=O) groups is 1. The Balaban J connectivity index is 1.85. The van der Waals surface area contributed by atoms with Crippen molar-refractivity contribution in [2.45, 2.75) is 45.4 Å². The largest absolute Gasteiger partial charge is 0.396 e. The van der Waals surface area contributed by atoms with E-state index < -0.39 is 0 Å². The molecule has 4 nitrogen and oxygen atoms in total. The molecule has 1 saturated carbocycles. The highest BCUT2D eigenvalue weighted by molar-refractivity contribution is 5.76. The van der Waals surface area contributed by atoms with Crippen LogP contribution in [0, 0.1) is 11.3 Å². The summed E-state index contributed by atoms with van der Waals surface area (Å²) in [5.41, 5.74) is -0.0271. The highest BCUT2D eigenvalue weighted by Crippen LogP contribution is 2.44. The first-order chi connectivity index (χ1) is 9.19. The van der Waals surface area contributed by atoms with E-state index in [9.17, 15) is 9.90 Å². The van der Waals surface area contributed by atoms with E-state index in [-0.39, 0.29) is 17.9 Å². The zero-order valence-corrected chi connectivity index (χ0v) is 12.1. The molecule has 1 aliphatic heterocycles. The number of aliphatic hydroxyl groups excluding tert-OH is 1. The molecule has 1 heterocycles. The molecule has 0 spiro atoms. The molecular weight excluding hydrogens is 242 g/mol. The second-order valence-electron chi connectivity index (χ2n) is 6.17. The normalized spacial score (nSPS) is 27.6. The van der Waals surface area contributed by atoms with Crippen LogP contribution < -0.4 is 0 Å². The molecule has 1 aliphatic carbocycles. The molecule has 0 aromatic heterocycles. The quantitative estimate of drug-likeness (QED) is 0.717. The Morgan fingerprint density at radius 2 is 2.26 bits per heavy atom. The van der Waals surface area contributed by atoms with Gasteiger partial charge in [0.05, 0.1) is 19.6 Å². The number of hydrogen-bond donors (Lipinski definition) is 1. The number of ether oxygens (including phenoxy) is 1. The zero-order valence-electron chi connectivity index (χ0n) is 12.1. The monoisotopic (exact) mass is 269 g/mol. The summed E-state index contributed by atoms with van der Waals surface area (Å²) < 4.78 is 5.25. The Morgan fingerprint density at radius 1 is 1.47 bits per heavy atom. The van der Waals surface area contributed by atoms with E-state index in [4.69, 9.17) is 4.74 Å². The summed E-state index contributed by atoms with van der Waals surface area (Å²) in [5.74, 6) is 0.979. The lowest BCUT2D eigenvalue weighted by Gasteiger charge is -2.42. The molecule has 0 unspecified atom stereocenters. The topological polar surface area (TPSA) is 49.8 Å². The van der Waals surface area contributed by atoms with Crippen LogP contribution >= 0.6 is 0 Å². The van der Waals surface area contributed by atoms with E-state index >= 15 is 0 Å². The minimum Gasteiger partial charge on any atom is -0.396 e. The van der Waals surface area contributed by atoms with Crippen molar-refractivity contribution >= 4 is 5.91 Å². The summed E-state index contributed by atoms with van der Waals surface area (Å²) in [5, 5.41) is 9.77. The van der Waals surface area contributed by atoms with Gasteiger partial charge in [0.1, 0.15) is 0 Å². The lowest BCUT2D eigenvalue weighted by atomic mass is 9.76. The van der Waals surface area contributed by atoms with Gasteiger partial charge in [0, 0.05) is 25.1 Å². The van der Waals surface area contributed by atoms with Crippen molar-refractivity contribution in [3.63, 3.8) is 0 Å². The van der Waals surface area contributed by atoms with Crippen LogP contribution in [0.4, 0.5) is 0 Å². The summed E-state index contributed by atoms with van der Waals surface area (Å²) in [6.07, 6.45) is 6.26. The molecule has 0 bridgehead atoms. The van der Waals surface area contributed by atoms with Crippen LogP contribution in [-0.2, 0) is 9.53 Å². The van der Waals surface area contributed by atoms with Crippen molar-refractivity contribution in [3.05, 3.63) is 0 Å². The van der Waals surface area contributed by atoms with Crippen molar-refractivity contribution in [3.8, 4) is 0 Å². The number of likely N-dealkylation sites (tertiary alicyclic amines) is 1. The molecule has 1 atom stereocenters. The van der Waals surface area contributed by atoms with E-state index in [0.717, 1.165) is 38.3 Å². The number of rotatable bonds is 7. The number of piperidine rings is 1. The van der Waals surface area contributed by atoms with Crippen LogP contribution in [0.1, 0.15) is 45.4 Å². The Hall–Kier alpha value is -0.610. The van der Waals surface area contributed by atoms with Crippen molar-refractivity contribution < 1.29 is 14.6 Å². The first-order valence-corrected chi connectivity index (χ1v) is 7.65. The van der Waals surface area contributed by atoms with Crippen LogP contribution in [-0.4, -0.2) is 48.8 Å². The van der Waals surface area contributed by atoms with Crippen molar-refractivity contribution in [2.75, 3.05) is 32.9 Å². The van der Waals surface area contributed by atoms with Crippen molar-refractivity contribution in [2.24, 2.45) is 11.3 Å². The van der Waals surface area contributed by atoms with Gasteiger partial charge in [-0.25, -0.2) is 0 Å². The molecule has 2 fully saturated rings. The van der Waals surface area contributed by atoms with Gasteiger partial charge in [-0.05, 0) is 32.1 Å². The van der Waals surface area contributed by atoms with Crippen molar-refractivity contribution in [1.29, 1.82) is 0 Å². The van der Waals surface area contributed by atoms with Crippen LogP contribution in [0.5, 0.6) is 0 Å². The maximum absolute atomic E-state index is 12.1. The second-order valence-corrected chi connectivity index (χ2v) is 6.17. The van der Waals surface area contributed by atoms with Crippen LogP contribution in [0.2, 0.25) is 0 Å². The highest BCUT2D eigenvalue weighted by atomic mass is 16.5. The molecular formula is C15H27NO3. The van der Waals surface area contributed by atoms with Crippen LogP contribution in [0.3, 0.4) is 0 Å². The Labute approximate surface area is 116 Å². The van der Waals surface area contributed by atoms with Gasteiger partial charge in [-0.15, -0.1) is 0 Å². The average molecular weight is 269 g/mol. The van der Waals surface area contributed by atoms with Crippen molar-refractivity contribution in [1.82, 2.24) is 4.90 Å². The number of aliphatic hydroxyl groups is 1. The predicted molar refractivity (Wildman–Crippen MR) is 73.8 cm³/mol. The Bertz CT molecular complexity index is 304. The summed E-state index contributed by atoms with van der Waals surface area (Å²) >= 11 is 0. The Kier molecular flexibility index (Phi) is 5.22. The predicted octanol–water partition coefficient (Wildman–Crippen LogP) is 1.81. The maximum atomic E-state index is 12.1. The summed E-state index contributed by atoms with van der Waals surface area (Å²) in [7, 11) is 0. The minimum absolute atomic E-state index is 0.0271. The van der Waals surface area contributed by atoms with E-state index in [1.54, 1.807) is 0 Å². The van der Waals surface area contributed by atoms with Crippen LogP contribution in [0.25, 0.3) is 0 Å². The van der Waals surface area contributed by atoms with Gasteiger partial charge in [0.15, 0.2) is 0 Å². The fourth-order valence-corrected chi connectivity index (χ4v) is 3.18. The summed E-state index contributed by atoms with van der Waals surface area (Å²) in [4.78, 5) is 14.1. The summed E-state index contributed by atoms with van der Waals surface area (Å²) in [6.45, 7) is 4.93. The molecule has 0 radical (unpaired) electrons. The first kappa shape index (κ1) is 14.8. The van der Waals surface area contributed by atoms with E-state index in [2.05, 4.69) is 0 Å². The molecule has 1 saturated heterocycles. The fourth-order valence-electron chi connectivity index (χ4n) is 3.18. The molecule has 4 heteroatoms. The fraction of sp³-hybridized carbons (Fsp3) is 0.933. The van der Waals surface area contributed by atoms with Crippen LogP contribution in [0.15, 0.2) is 0 Å². The number of nitrogens with zero attached hydrogens (tertiary/aromatic N) is 1. The molecule has 1 amide bonds. The molecule has 2 rings (SSSR count). The molecule has 0 aromatic carbocycles. The minimum atomic E-state index is -0.0271. The second kappa shape index (κ2) is 6.71. The third-order valence-corrected chi connectivity index (χ3v) is 4.43. The van der Waals surface area contributed by atoms with Gasteiger partial charge in [-0.1, -0.05) is 12.8 Å². The van der Waals surface area contributed by atoms with Gasteiger partial charge in [-0.3, -0.25) is 4.79 Å². The standard InChI is InChI=1S/C15H27NO3/c1-2-19-9-6-14(18)16-8-3-7-15(11-16,12-17)10-13-4-5-13/h13,17H,2-12H2,1H3/t15-/m1/s1. The van der Waals surface area contributed by atoms with Gasteiger partial charge < -0.3 is 14.7 Å².